The average Bonchev–Trinajstić information content (AvgIpc) is 2.85. The quantitative estimate of drug-likeness (QED) is 0.344. The summed E-state index contributed by atoms with van der Waals surface area (Å²) in [4.78, 5) is 16.1. The minimum absolute atomic E-state index is 0.0645. The number of amides is 1. The van der Waals surface area contributed by atoms with Gasteiger partial charge in [-0.3, -0.25) is 4.79 Å². The molecule has 0 aliphatic rings. The van der Waals surface area contributed by atoms with Crippen LogP contribution in [0.1, 0.15) is 21.1 Å². The molecule has 0 radical (unpaired) electrons. The van der Waals surface area contributed by atoms with Crippen molar-refractivity contribution < 1.29 is 10.0 Å². The summed E-state index contributed by atoms with van der Waals surface area (Å²) in [5.41, 5.74) is 6.81. The van der Waals surface area contributed by atoms with E-state index in [1.807, 2.05) is 6.92 Å². The standard InChI is InChI=1S/C12H12N4O2S/c1-7-14-10(6-19-7)12(17)15-9-5-3-2-4-8(9)11(13)16-18/h2-6,18H,1H3,(H2,13,16)(H,15,17). The third-order valence-electron chi connectivity index (χ3n) is 2.41. The van der Waals surface area contributed by atoms with E-state index in [4.69, 9.17) is 10.9 Å². The Labute approximate surface area is 113 Å². The van der Waals surface area contributed by atoms with E-state index in [-0.39, 0.29) is 11.7 Å². The van der Waals surface area contributed by atoms with Gasteiger partial charge in [0.05, 0.1) is 10.7 Å². The molecule has 1 aromatic carbocycles. The maximum absolute atomic E-state index is 12.0. The summed E-state index contributed by atoms with van der Waals surface area (Å²) in [5, 5.41) is 16.8. The highest BCUT2D eigenvalue weighted by Crippen LogP contribution is 2.16. The number of nitrogens with zero attached hydrogens (tertiary/aromatic N) is 2. The van der Waals surface area contributed by atoms with Gasteiger partial charge in [-0.2, -0.15) is 0 Å². The third-order valence-corrected chi connectivity index (χ3v) is 3.18. The normalized spacial score (nSPS) is 11.3. The number of thiazole rings is 1. The monoisotopic (exact) mass is 276 g/mol. The number of para-hydroxylation sites is 1. The minimum atomic E-state index is -0.331. The lowest BCUT2D eigenvalue weighted by molar-refractivity contribution is 0.102. The summed E-state index contributed by atoms with van der Waals surface area (Å²) in [7, 11) is 0. The summed E-state index contributed by atoms with van der Waals surface area (Å²) in [5.74, 6) is -0.395. The van der Waals surface area contributed by atoms with Crippen LogP contribution in [-0.4, -0.2) is 21.9 Å². The van der Waals surface area contributed by atoms with Gasteiger partial charge in [-0.05, 0) is 19.1 Å². The van der Waals surface area contributed by atoms with Crippen LogP contribution in [0.5, 0.6) is 0 Å². The fraction of sp³-hybridized carbons (Fsp3) is 0.0833. The molecule has 0 bridgehead atoms. The van der Waals surface area contributed by atoms with E-state index in [0.29, 0.717) is 16.9 Å². The van der Waals surface area contributed by atoms with Crippen LogP contribution in [-0.2, 0) is 0 Å². The largest absolute Gasteiger partial charge is 0.409 e. The number of oxime groups is 1. The summed E-state index contributed by atoms with van der Waals surface area (Å²) in [6, 6.07) is 6.80. The first-order chi connectivity index (χ1) is 9.11. The van der Waals surface area contributed by atoms with Gasteiger partial charge in [0.2, 0.25) is 0 Å². The Morgan fingerprint density at radius 3 is 2.84 bits per heavy atom. The van der Waals surface area contributed by atoms with Gasteiger partial charge < -0.3 is 16.3 Å². The third kappa shape index (κ3) is 2.89. The lowest BCUT2D eigenvalue weighted by Crippen LogP contribution is -2.19. The van der Waals surface area contributed by atoms with Crippen LogP contribution >= 0.6 is 11.3 Å². The molecule has 0 fully saturated rings. The number of amidine groups is 1. The van der Waals surface area contributed by atoms with E-state index in [2.05, 4.69) is 15.5 Å². The van der Waals surface area contributed by atoms with Crippen molar-refractivity contribution in [3.05, 3.63) is 45.9 Å². The second-order valence-corrected chi connectivity index (χ2v) is 4.80. The second kappa shape index (κ2) is 5.49. The number of benzene rings is 1. The van der Waals surface area contributed by atoms with Crippen molar-refractivity contribution in [3.63, 3.8) is 0 Å². The molecule has 0 saturated heterocycles. The SMILES string of the molecule is Cc1nc(C(=O)Nc2ccccc2C(N)=NO)cs1. The summed E-state index contributed by atoms with van der Waals surface area (Å²) in [6.45, 7) is 1.83. The molecule has 4 N–H and O–H groups in total. The number of rotatable bonds is 3. The van der Waals surface area contributed by atoms with Crippen molar-refractivity contribution in [3.8, 4) is 0 Å². The van der Waals surface area contributed by atoms with Gasteiger partial charge in [0.1, 0.15) is 5.69 Å². The maximum Gasteiger partial charge on any atom is 0.275 e. The molecule has 2 rings (SSSR count). The Morgan fingerprint density at radius 2 is 2.21 bits per heavy atom. The van der Waals surface area contributed by atoms with Gasteiger partial charge in [0, 0.05) is 10.9 Å². The fourth-order valence-corrected chi connectivity index (χ4v) is 2.12. The molecule has 0 unspecified atom stereocenters. The van der Waals surface area contributed by atoms with Gasteiger partial charge in [-0.1, -0.05) is 17.3 Å². The Bertz CT molecular complexity index is 636. The van der Waals surface area contributed by atoms with Gasteiger partial charge in [-0.25, -0.2) is 4.98 Å². The second-order valence-electron chi connectivity index (χ2n) is 3.74. The van der Waals surface area contributed by atoms with Crippen LogP contribution in [0, 0.1) is 6.92 Å². The van der Waals surface area contributed by atoms with Crippen molar-refractivity contribution in [1.82, 2.24) is 4.98 Å². The van der Waals surface area contributed by atoms with Crippen LogP contribution in [0.25, 0.3) is 0 Å². The number of nitrogens with one attached hydrogen (secondary N) is 1. The number of anilines is 1. The molecule has 0 atom stereocenters. The zero-order valence-electron chi connectivity index (χ0n) is 10.1. The van der Waals surface area contributed by atoms with E-state index in [1.54, 1.807) is 29.6 Å². The van der Waals surface area contributed by atoms with Gasteiger partial charge >= 0.3 is 0 Å². The van der Waals surface area contributed by atoms with Crippen LogP contribution in [0.15, 0.2) is 34.8 Å². The predicted octanol–water partition coefficient (Wildman–Crippen LogP) is 1.80. The fourth-order valence-electron chi connectivity index (χ4n) is 1.52. The number of aryl methyl sites for hydroxylation is 1. The number of aromatic nitrogens is 1. The lowest BCUT2D eigenvalue weighted by atomic mass is 10.1. The van der Waals surface area contributed by atoms with Crippen LogP contribution in [0.4, 0.5) is 5.69 Å². The molecular weight excluding hydrogens is 264 g/mol. The lowest BCUT2D eigenvalue weighted by Gasteiger charge is -2.08. The van der Waals surface area contributed by atoms with E-state index in [1.165, 1.54) is 11.3 Å². The molecule has 1 heterocycles. The maximum atomic E-state index is 12.0. The summed E-state index contributed by atoms with van der Waals surface area (Å²) < 4.78 is 0. The number of carbonyl (C=O) groups is 1. The van der Waals surface area contributed by atoms with Crippen LogP contribution < -0.4 is 11.1 Å². The molecule has 0 aliphatic heterocycles. The minimum Gasteiger partial charge on any atom is -0.409 e. The average molecular weight is 276 g/mol. The molecule has 19 heavy (non-hydrogen) atoms. The zero-order valence-corrected chi connectivity index (χ0v) is 10.9. The molecule has 0 saturated carbocycles. The van der Waals surface area contributed by atoms with E-state index >= 15 is 0 Å². The number of nitrogens with two attached hydrogens (primary N) is 1. The topological polar surface area (TPSA) is 101 Å². The van der Waals surface area contributed by atoms with E-state index in [9.17, 15) is 4.79 Å². The Hall–Kier alpha value is -2.41. The van der Waals surface area contributed by atoms with Gasteiger partial charge in [0.15, 0.2) is 5.84 Å². The van der Waals surface area contributed by atoms with Gasteiger partial charge in [0.25, 0.3) is 5.91 Å². The molecule has 2 aromatic rings. The smallest absolute Gasteiger partial charge is 0.275 e. The molecular formula is C12H12N4O2S. The van der Waals surface area contributed by atoms with E-state index in [0.717, 1.165) is 5.01 Å². The first-order valence-electron chi connectivity index (χ1n) is 5.42. The molecule has 0 spiro atoms. The highest BCUT2D eigenvalue weighted by molar-refractivity contribution is 7.09. The van der Waals surface area contributed by atoms with Crippen LogP contribution in [0.3, 0.4) is 0 Å². The van der Waals surface area contributed by atoms with Crippen LogP contribution in [0.2, 0.25) is 0 Å². The first-order valence-corrected chi connectivity index (χ1v) is 6.30. The molecule has 6 nitrogen and oxygen atoms in total. The predicted molar refractivity (Wildman–Crippen MR) is 73.8 cm³/mol. The first kappa shape index (κ1) is 13.0. The van der Waals surface area contributed by atoms with Crippen molar-refractivity contribution in [1.29, 1.82) is 0 Å². The molecule has 1 aromatic heterocycles. The Morgan fingerprint density at radius 1 is 1.47 bits per heavy atom. The zero-order chi connectivity index (χ0) is 13.8. The summed E-state index contributed by atoms with van der Waals surface area (Å²) in [6.07, 6.45) is 0. The molecule has 1 amide bonds. The Balaban J connectivity index is 2.27. The van der Waals surface area contributed by atoms with E-state index < -0.39 is 0 Å². The molecule has 0 aliphatic carbocycles. The molecule has 7 heteroatoms. The highest BCUT2D eigenvalue weighted by Gasteiger charge is 2.13. The number of hydrogen-bond donors (Lipinski definition) is 3. The van der Waals surface area contributed by atoms with Gasteiger partial charge in [-0.15, -0.1) is 11.3 Å². The van der Waals surface area contributed by atoms with Crippen molar-refractivity contribution in [2.45, 2.75) is 6.92 Å². The van der Waals surface area contributed by atoms with Crippen molar-refractivity contribution >= 4 is 28.8 Å². The summed E-state index contributed by atoms with van der Waals surface area (Å²) >= 11 is 1.40. The van der Waals surface area contributed by atoms with Crippen molar-refractivity contribution in [2.75, 3.05) is 5.32 Å². The Kier molecular flexibility index (Phi) is 3.76. The number of carbonyl (C=O) groups excluding carboxylic acids is 1. The highest BCUT2D eigenvalue weighted by atomic mass is 32.1. The number of hydrogen-bond acceptors (Lipinski definition) is 5. The van der Waals surface area contributed by atoms with Crippen molar-refractivity contribution in [2.24, 2.45) is 10.9 Å². The molecule has 98 valence electrons.